The fraction of sp³-hybridized carbons (Fsp3) is 0.500. The molecule has 0 bridgehead atoms. The highest BCUT2D eigenvalue weighted by Crippen LogP contribution is 2.23. The number of aryl methyl sites for hydroxylation is 1. The lowest BCUT2D eigenvalue weighted by Crippen LogP contribution is -2.51. The van der Waals surface area contributed by atoms with Gasteiger partial charge in [-0.05, 0) is 33.2 Å². The van der Waals surface area contributed by atoms with Crippen molar-refractivity contribution < 1.29 is 9.53 Å². The number of amides is 1. The minimum atomic E-state index is 0.0765. The van der Waals surface area contributed by atoms with Crippen LogP contribution in [0, 0.1) is 6.92 Å². The standard InChI is InChI=1S/C20H28N4O2/c1-15-7-8-16-5-4-6-18(20(16)22-15)26-12-9-21-19(25)13-17-14-23(2)10-11-24(17)3/h4-8,17H,9-14H2,1-3H3,(H,21,25)/t17-/m1/s1. The summed E-state index contributed by atoms with van der Waals surface area (Å²) < 4.78 is 5.86. The van der Waals surface area contributed by atoms with Crippen LogP contribution in [0.1, 0.15) is 12.1 Å². The van der Waals surface area contributed by atoms with E-state index in [4.69, 9.17) is 4.74 Å². The van der Waals surface area contributed by atoms with Gasteiger partial charge in [-0.3, -0.25) is 4.79 Å². The van der Waals surface area contributed by atoms with E-state index in [0.717, 1.165) is 42.0 Å². The Balaban J connectivity index is 1.47. The first kappa shape index (κ1) is 18.6. The highest BCUT2D eigenvalue weighted by atomic mass is 16.5. The molecule has 26 heavy (non-hydrogen) atoms. The van der Waals surface area contributed by atoms with Gasteiger partial charge in [0.15, 0.2) is 0 Å². The second kappa shape index (κ2) is 8.47. The van der Waals surface area contributed by atoms with E-state index in [-0.39, 0.29) is 11.9 Å². The van der Waals surface area contributed by atoms with Crippen LogP contribution in [0.5, 0.6) is 5.75 Å². The zero-order chi connectivity index (χ0) is 18.5. The molecule has 1 saturated heterocycles. The second-order valence-corrected chi connectivity index (χ2v) is 7.08. The van der Waals surface area contributed by atoms with Crippen molar-refractivity contribution in [2.45, 2.75) is 19.4 Å². The molecule has 2 aromatic rings. The third-order valence-electron chi connectivity index (χ3n) is 4.91. The lowest BCUT2D eigenvalue weighted by molar-refractivity contribution is -0.122. The molecule has 1 fully saturated rings. The second-order valence-electron chi connectivity index (χ2n) is 7.08. The third-order valence-corrected chi connectivity index (χ3v) is 4.91. The number of para-hydroxylation sites is 1. The Morgan fingerprint density at radius 3 is 2.96 bits per heavy atom. The topological polar surface area (TPSA) is 57.7 Å². The smallest absolute Gasteiger partial charge is 0.221 e. The number of ether oxygens (including phenoxy) is 1. The largest absolute Gasteiger partial charge is 0.489 e. The molecule has 1 aliphatic rings. The fourth-order valence-electron chi connectivity index (χ4n) is 3.29. The number of carbonyl (C=O) groups is 1. The Morgan fingerprint density at radius 2 is 2.12 bits per heavy atom. The van der Waals surface area contributed by atoms with Crippen molar-refractivity contribution in [2.75, 3.05) is 46.9 Å². The number of nitrogens with one attached hydrogen (secondary N) is 1. The van der Waals surface area contributed by atoms with Gasteiger partial charge < -0.3 is 19.9 Å². The van der Waals surface area contributed by atoms with Crippen LogP contribution in [0.15, 0.2) is 30.3 Å². The average molecular weight is 356 g/mol. The van der Waals surface area contributed by atoms with Gasteiger partial charge in [0.25, 0.3) is 0 Å². The first-order valence-corrected chi connectivity index (χ1v) is 9.17. The molecule has 1 aromatic carbocycles. The number of fused-ring (bicyclic) bond motifs is 1. The van der Waals surface area contributed by atoms with Crippen LogP contribution in [0.25, 0.3) is 10.9 Å². The quantitative estimate of drug-likeness (QED) is 0.798. The number of piperazine rings is 1. The summed E-state index contributed by atoms with van der Waals surface area (Å²) in [4.78, 5) is 21.3. The van der Waals surface area contributed by atoms with Gasteiger partial charge in [0.05, 0.1) is 6.54 Å². The summed E-state index contributed by atoms with van der Waals surface area (Å²) >= 11 is 0. The summed E-state index contributed by atoms with van der Waals surface area (Å²) in [6.45, 7) is 5.89. The van der Waals surface area contributed by atoms with Gasteiger partial charge in [0.1, 0.15) is 17.9 Å². The molecule has 0 aliphatic carbocycles. The van der Waals surface area contributed by atoms with Crippen molar-refractivity contribution in [1.29, 1.82) is 0 Å². The summed E-state index contributed by atoms with van der Waals surface area (Å²) in [5.41, 5.74) is 1.83. The van der Waals surface area contributed by atoms with E-state index in [9.17, 15) is 4.79 Å². The highest BCUT2D eigenvalue weighted by Gasteiger charge is 2.24. The Labute approximate surface area is 155 Å². The van der Waals surface area contributed by atoms with Gasteiger partial charge >= 0.3 is 0 Å². The molecular formula is C20H28N4O2. The van der Waals surface area contributed by atoms with E-state index in [1.165, 1.54) is 0 Å². The van der Waals surface area contributed by atoms with Gasteiger partial charge in [0.2, 0.25) is 5.91 Å². The number of aromatic nitrogens is 1. The van der Waals surface area contributed by atoms with E-state index in [1.807, 2.05) is 37.3 Å². The SMILES string of the molecule is Cc1ccc2cccc(OCCNC(=O)C[C@@H]3CN(C)CCN3C)c2n1. The van der Waals surface area contributed by atoms with Crippen LogP contribution in [-0.4, -0.2) is 73.6 Å². The molecule has 3 rings (SSSR count). The monoisotopic (exact) mass is 356 g/mol. The van der Waals surface area contributed by atoms with Crippen molar-refractivity contribution >= 4 is 16.8 Å². The molecule has 0 saturated carbocycles. The molecule has 1 N–H and O–H groups in total. The van der Waals surface area contributed by atoms with Crippen molar-refractivity contribution in [2.24, 2.45) is 0 Å². The molecule has 0 unspecified atom stereocenters. The van der Waals surface area contributed by atoms with Crippen LogP contribution in [0.2, 0.25) is 0 Å². The minimum absolute atomic E-state index is 0.0765. The molecule has 6 heteroatoms. The lowest BCUT2D eigenvalue weighted by Gasteiger charge is -2.37. The van der Waals surface area contributed by atoms with Gasteiger partial charge in [-0.15, -0.1) is 0 Å². The third kappa shape index (κ3) is 4.71. The summed E-state index contributed by atoms with van der Waals surface area (Å²) in [6.07, 6.45) is 0.524. The number of pyridine rings is 1. The maximum Gasteiger partial charge on any atom is 0.221 e. The molecule has 1 atom stereocenters. The molecular weight excluding hydrogens is 328 g/mol. The number of carbonyl (C=O) groups excluding carboxylic acids is 1. The van der Waals surface area contributed by atoms with E-state index in [0.29, 0.717) is 19.6 Å². The molecule has 1 aliphatic heterocycles. The molecule has 0 radical (unpaired) electrons. The number of hydrogen-bond donors (Lipinski definition) is 1. The van der Waals surface area contributed by atoms with Gasteiger partial charge in [0, 0.05) is 43.2 Å². The Hall–Kier alpha value is -2.18. The van der Waals surface area contributed by atoms with E-state index < -0.39 is 0 Å². The van der Waals surface area contributed by atoms with Crippen molar-refractivity contribution in [3.05, 3.63) is 36.0 Å². The summed E-state index contributed by atoms with van der Waals surface area (Å²) in [7, 11) is 4.19. The van der Waals surface area contributed by atoms with Crippen molar-refractivity contribution in [1.82, 2.24) is 20.1 Å². The first-order chi connectivity index (χ1) is 12.5. The maximum absolute atomic E-state index is 12.2. The molecule has 140 valence electrons. The Bertz CT molecular complexity index is 765. The molecule has 6 nitrogen and oxygen atoms in total. The summed E-state index contributed by atoms with van der Waals surface area (Å²) in [5.74, 6) is 0.835. The minimum Gasteiger partial charge on any atom is -0.489 e. The van der Waals surface area contributed by atoms with Crippen molar-refractivity contribution in [3.8, 4) is 5.75 Å². The van der Waals surface area contributed by atoms with Crippen LogP contribution < -0.4 is 10.1 Å². The molecule has 2 heterocycles. The zero-order valence-electron chi connectivity index (χ0n) is 15.9. The lowest BCUT2D eigenvalue weighted by atomic mass is 10.1. The number of rotatable bonds is 6. The van der Waals surface area contributed by atoms with Crippen LogP contribution >= 0.6 is 0 Å². The fourth-order valence-corrected chi connectivity index (χ4v) is 3.29. The number of nitrogens with zero attached hydrogens (tertiary/aromatic N) is 3. The average Bonchev–Trinajstić information content (AvgIpc) is 2.62. The van der Waals surface area contributed by atoms with Crippen LogP contribution in [0.4, 0.5) is 0 Å². The highest BCUT2D eigenvalue weighted by molar-refractivity contribution is 5.84. The Kier molecular flexibility index (Phi) is 6.06. The van der Waals surface area contributed by atoms with Gasteiger partial charge in [-0.2, -0.15) is 0 Å². The summed E-state index contributed by atoms with van der Waals surface area (Å²) in [5, 5.41) is 4.02. The number of hydrogen-bond acceptors (Lipinski definition) is 5. The first-order valence-electron chi connectivity index (χ1n) is 9.17. The van der Waals surface area contributed by atoms with Gasteiger partial charge in [-0.25, -0.2) is 4.98 Å². The van der Waals surface area contributed by atoms with Crippen molar-refractivity contribution in [3.63, 3.8) is 0 Å². The Morgan fingerprint density at radius 1 is 1.27 bits per heavy atom. The van der Waals surface area contributed by atoms with Crippen LogP contribution in [0.3, 0.4) is 0 Å². The van der Waals surface area contributed by atoms with E-state index in [1.54, 1.807) is 0 Å². The normalized spacial score (nSPS) is 18.8. The zero-order valence-corrected chi connectivity index (χ0v) is 15.9. The molecule has 1 amide bonds. The maximum atomic E-state index is 12.2. The van der Waals surface area contributed by atoms with Crippen LogP contribution in [-0.2, 0) is 4.79 Å². The van der Waals surface area contributed by atoms with E-state index >= 15 is 0 Å². The predicted molar refractivity (Wildman–Crippen MR) is 104 cm³/mol. The van der Waals surface area contributed by atoms with E-state index in [2.05, 4.69) is 34.2 Å². The summed E-state index contributed by atoms with van der Waals surface area (Å²) in [6, 6.07) is 10.2. The molecule has 0 spiro atoms. The number of likely N-dealkylation sites (N-methyl/N-ethyl adjacent to an activating group) is 2. The number of benzene rings is 1. The van der Waals surface area contributed by atoms with Gasteiger partial charge in [-0.1, -0.05) is 18.2 Å². The molecule has 1 aromatic heterocycles. The predicted octanol–water partition coefficient (Wildman–Crippen LogP) is 1.67.